The Hall–Kier alpha value is -5.66. The first kappa shape index (κ1) is 27.6. The Balaban J connectivity index is 1.12. The smallest absolute Gasteiger partial charge is 0.0713 e. The number of benzene rings is 7. The molecule has 0 radical (unpaired) electrons. The van der Waals surface area contributed by atoms with E-state index in [1.54, 1.807) is 0 Å². The summed E-state index contributed by atoms with van der Waals surface area (Å²) in [6.45, 7) is 4.66. The van der Waals surface area contributed by atoms with E-state index in [-0.39, 0.29) is 5.41 Å². The molecule has 2 aliphatic rings. The molecule has 0 aromatic heterocycles. The van der Waals surface area contributed by atoms with Crippen molar-refractivity contribution >= 4 is 11.4 Å². The van der Waals surface area contributed by atoms with Crippen molar-refractivity contribution in [1.82, 2.24) is 0 Å². The molecule has 0 fully saturated rings. The van der Waals surface area contributed by atoms with Crippen LogP contribution in [0.25, 0.3) is 33.4 Å². The van der Waals surface area contributed by atoms with Crippen molar-refractivity contribution in [2.75, 3.05) is 5.32 Å². The third-order valence-electron chi connectivity index (χ3n) is 10.6. The lowest BCUT2D eigenvalue weighted by Crippen LogP contribution is -2.28. The van der Waals surface area contributed by atoms with Crippen molar-refractivity contribution < 1.29 is 0 Å². The first-order valence-electron chi connectivity index (χ1n) is 16.5. The molecule has 0 bridgehead atoms. The van der Waals surface area contributed by atoms with E-state index >= 15 is 0 Å². The number of hydrogen-bond acceptors (Lipinski definition) is 1. The molecule has 0 heterocycles. The summed E-state index contributed by atoms with van der Waals surface area (Å²) in [7, 11) is 0. The van der Waals surface area contributed by atoms with Gasteiger partial charge >= 0.3 is 0 Å². The second-order valence-electron chi connectivity index (χ2n) is 13.4. The predicted molar refractivity (Wildman–Crippen MR) is 196 cm³/mol. The fourth-order valence-corrected chi connectivity index (χ4v) is 8.42. The van der Waals surface area contributed by atoms with Crippen LogP contribution < -0.4 is 5.32 Å². The minimum atomic E-state index is -0.396. The number of anilines is 2. The molecular formula is C46H35N. The molecule has 0 atom stereocenters. The van der Waals surface area contributed by atoms with E-state index in [9.17, 15) is 0 Å². The fraction of sp³-hybridized carbons (Fsp3) is 0.0870. The molecule has 0 amide bonds. The lowest BCUT2D eigenvalue weighted by atomic mass is 9.67. The van der Waals surface area contributed by atoms with Crippen LogP contribution in [-0.2, 0) is 10.8 Å². The molecule has 1 heteroatoms. The number of rotatable bonds is 5. The van der Waals surface area contributed by atoms with Gasteiger partial charge in [0.2, 0.25) is 0 Å². The normalized spacial score (nSPS) is 14.5. The van der Waals surface area contributed by atoms with Crippen molar-refractivity contribution in [2.24, 2.45) is 0 Å². The highest BCUT2D eigenvalue weighted by atomic mass is 14.9. The summed E-state index contributed by atoms with van der Waals surface area (Å²) in [6, 6.07) is 62.4. The van der Waals surface area contributed by atoms with Crippen LogP contribution in [0.5, 0.6) is 0 Å². The maximum atomic E-state index is 3.70. The Kier molecular flexibility index (Phi) is 6.14. The Morgan fingerprint density at radius 3 is 1.62 bits per heavy atom. The van der Waals surface area contributed by atoms with Crippen molar-refractivity contribution in [3.8, 4) is 33.4 Å². The lowest BCUT2D eigenvalue weighted by Gasteiger charge is -2.34. The molecule has 1 nitrogen and oxygen atoms in total. The molecule has 7 aromatic carbocycles. The standard InChI is InChI=1S/C46H35N/c1-45(2)40-21-11-9-18-37(40)38-29-28-35(30-43(38)45)47-34-26-24-31(25-27-34)36-20-13-23-42-44(36)39-19-10-12-22-41(39)46(42,32-14-5-3-6-15-32)33-16-7-4-8-17-33/h3-30,47H,1-2H3. The van der Waals surface area contributed by atoms with E-state index in [0.29, 0.717) is 0 Å². The maximum absolute atomic E-state index is 3.70. The van der Waals surface area contributed by atoms with Crippen LogP contribution in [0.1, 0.15) is 47.2 Å². The van der Waals surface area contributed by atoms with E-state index in [1.165, 1.54) is 66.8 Å². The summed E-state index contributed by atoms with van der Waals surface area (Å²) < 4.78 is 0. The van der Waals surface area contributed by atoms with Gasteiger partial charge in [0.1, 0.15) is 0 Å². The zero-order chi connectivity index (χ0) is 31.6. The fourth-order valence-electron chi connectivity index (χ4n) is 8.42. The summed E-state index contributed by atoms with van der Waals surface area (Å²) >= 11 is 0. The SMILES string of the molecule is CC1(C)c2ccccc2-c2ccc(Nc3ccc(-c4cccc5c4-c4ccccc4C5(c4ccccc4)c4ccccc4)cc3)cc21. The molecule has 47 heavy (non-hydrogen) atoms. The van der Waals surface area contributed by atoms with Gasteiger partial charge in [0, 0.05) is 16.8 Å². The van der Waals surface area contributed by atoms with Crippen LogP contribution in [-0.4, -0.2) is 0 Å². The van der Waals surface area contributed by atoms with E-state index < -0.39 is 5.41 Å². The lowest BCUT2D eigenvalue weighted by molar-refractivity contribution is 0.660. The predicted octanol–water partition coefficient (Wildman–Crippen LogP) is 11.8. The van der Waals surface area contributed by atoms with Crippen molar-refractivity contribution in [2.45, 2.75) is 24.7 Å². The quantitative estimate of drug-likeness (QED) is 0.207. The highest BCUT2D eigenvalue weighted by molar-refractivity contribution is 5.95. The van der Waals surface area contributed by atoms with Gasteiger partial charge in [-0.3, -0.25) is 0 Å². The third-order valence-corrected chi connectivity index (χ3v) is 10.6. The molecule has 0 aliphatic heterocycles. The molecule has 224 valence electrons. The van der Waals surface area contributed by atoms with Gasteiger partial charge in [-0.1, -0.05) is 159 Å². The van der Waals surface area contributed by atoms with Crippen LogP contribution >= 0.6 is 0 Å². The van der Waals surface area contributed by atoms with Crippen LogP contribution in [0.15, 0.2) is 170 Å². The molecule has 0 spiro atoms. The molecule has 0 unspecified atom stereocenters. The Bertz CT molecular complexity index is 2240. The Morgan fingerprint density at radius 2 is 0.915 bits per heavy atom. The van der Waals surface area contributed by atoms with E-state index in [2.05, 4.69) is 189 Å². The molecule has 0 saturated carbocycles. The van der Waals surface area contributed by atoms with Gasteiger partial charge in [0.15, 0.2) is 0 Å². The average molecular weight is 602 g/mol. The number of fused-ring (bicyclic) bond motifs is 6. The minimum Gasteiger partial charge on any atom is -0.356 e. The van der Waals surface area contributed by atoms with Gasteiger partial charge in [0.25, 0.3) is 0 Å². The summed E-state index contributed by atoms with van der Waals surface area (Å²) in [5, 5.41) is 3.70. The van der Waals surface area contributed by atoms with Crippen LogP contribution in [0.4, 0.5) is 11.4 Å². The highest BCUT2D eigenvalue weighted by Crippen LogP contribution is 2.58. The van der Waals surface area contributed by atoms with Gasteiger partial charge in [-0.05, 0) is 91.0 Å². The second-order valence-corrected chi connectivity index (χ2v) is 13.4. The van der Waals surface area contributed by atoms with Crippen molar-refractivity contribution in [3.05, 3.63) is 203 Å². The Morgan fingerprint density at radius 1 is 0.383 bits per heavy atom. The van der Waals surface area contributed by atoms with E-state index in [1.807, 2.05) is 0 Å². The molecule has 1 N–H and O–H groups in total. The number of nitrogens with one attached hydrogen (secondary N) is 1. The van der Waals surface area contributed by atoms with Gasteiger partial charge in [-0.15, -0.1) is 0 Å². The molecule has 0 saturated heterocycles. The number of hydrogen-bond donors (Lipinski definition) is 1. The molecule has 9 rings (SSSR count). The molecule has 2 aliphatic carbocycles. The largest absolute Gasteiger partial charge is 0.356 e. The minimum absolute atomic E-state index is 0.0217. The second kappa shape index (κ2) is 10.4. The Labute approximate surface area is 277 Å². The van der Waals surface area contributed by atoms with Crippen molar-refractivity contribution in [1.29, 1.82) is 0 Å². The summed E-state index contributed by atoms with van der Waals surface area (Å²) in [6.07, 6.45) is 0. The average Bonchev–Trinajstić information content (AvgIpc) is 3.56. The molecule has 7 aromatic rings. The van der Waals surface area contributed by atoms with Crippen molar-refractivity contribution in [3.63, 3.8) is 0 Å². The topological polar surface area (TPSA) is 12.0 Å². The van der Waals surface area contributed by atoms with E-state index in [0.717, 1.165) is 11.4 Å². The van der Waals surface area contributed by atoms with Crippen LogP contribution in [0.2, 0.25) is 0 Å². The zero-order valence-electron chi connectivity index (χ0n) is 26.7. The van der Waals surface area contributed by atoms with Crippen LogP contribution in [0.3, 0.4) is 0 Å². The third kappa shape index (κ3) is 4.03. The summed E-state index contributed by atoms with van der Waals surface area (Å²) in [5.41, 5.74) is 17.6. The monoisotopic (exact) mass is 601 g/mol. The van der Waals surface area contributed by atoms with Gasteiger partial charge < -0.3 is 5.32 Å². The van der Waals surface area contributed by atoms with E-state index in [4.69, 9.17) is 0 Å². The zero-order valence-corrected chi connectivity index (χ0v) is 26.7. The summed E-state index contributed by atoms with van der Waals surface area (Å²) in [5.74, 6) is 0. The van der Waals surface area contributed by atoms with Gasteiger partial charge in [0.05, 0.1) is 5.41 Å². The van der Waals surface area contributed by atoms with Crippen LogP contribution in [0, 0.1) is 0 Å². The first-order chi connectivity index (χ1) is 23.1. The first-order valence-corrected chi connectivity index (χ1v) is 16.5. The maximum Gasteiger partial charge on any atom is 0.0713 e. The summed E-state index contributed by atoms with van der Waals surface area (Å²) in [4.78, 5) is 0. The highest BCUT2D eigenvalue weighted by Gasteiger charge is 2.46. The van der Waals surface area contributed by atoms with Gasteiger partial charge in [-0.2, -0.15) is 0 Å². The van der Waals surface area contributed by atoms with Gasteiger partial charge in [-0.25, -0.2) is 0 Å². The molecular weight excluding hydrogens is 567 g/mol.